The van der Waals surface area contributed by atoms with Gasteiger partial charge in [0, 0.05) is 10.6 Å². The first-order valence-electron chi connectivity index (χ1n) is 6.82. The molecule has 0 aromatic heterocycles. The average molecular weight is 313 g/mol. The lowest BCUT2D eigenvalue weighted by Gasteiger charge is -2.14. The molecule has 1 amide bonds. The van der Waals surface area contributed by atoms with Gasteiger partial charge >= 0.3 is 0 Å². The molecule has 1 aliphatic heterocycles. The van der Waals surface area contributed by atoms with Crippen molar-refractivity contribution in [1.29, 1.82) is 0 Å². The highest BCUT2D eigenvalue weighted by molar-refractivity contribution is 6.31. The zero-order valence-corrected chi connectivity index (χ0v) is 12.6. The Balaban J connectivity index is 1.90. The number of hydrogen-bond donors (Lipinski definition) is 0. The van der Waals surface area contributed by atoms with E-state index in [0.717, 1.165) is 0 Å². The fourth-order valence-corrected chi connectivity index (χ4v) is 2.53. The van der Waals surface area contributed by atoms with E-state index in [-0.39, 0.29) is 11.7 Å². The normalized spacial score (nSPS) is 17.5. The smallest absolute Gasteiger partial charge is 0.264 e. The quantitative estimate of drug-likeness (QED) is 0.642. The van der Waals surface area contributed by atoms with E-state index in [1.807, 2.05) is 6.07 Å². The van der Waals surface area contributed by atoms with Crippen molar-refractivity contribution in [2.45, 2.75) is 6.92 Å². The number of nitrogens with zero attached hydrogens (tertiary/aromatic N) is 2. The van der Waals surface area contributed by atoms with E-state index in [1.54, 1.807) is 55.5 Å². The van der Waals surface area contributed by atoms with Crippen LogP contribution in [0.1, 0.15) is 17.3 Å². The van der Waals surface area contributed by atoms with Gasteiger partial charge in [-0.05, 0) is 31.2 Å². The highest BCUT2D eigenvalue weighted by Crippen LogP contribution is 2.27. The van der Waals surface area contributed by atoms with E-state index in [9.17, 15) is 9.59 Å². The van der Waals surface area contributed by atoms with Crippen LogP contribution in [-0.2, 0) is 4.79 Å². The van der Waals surface area contributed by atoms with Gasteiger partial charge in [-0.1, -0.05) is 41.9 Å². The lowest BCUT2D eigenvalue weighted by atomic mass is 9.94. The van der Waals surface area contributed by atoms with Gasteiger partial charge in [-0.15, -0.1) is 0 Å². The Morgan fingerprint density at radius 3 is 2.36 bits per heavy atom. The average Bonchev–Trinajstić information content (AvgIpc) is 2.83. The van der Waals surface area contributed by atoms with Crippen LogP contribution >= 0.6 is 11.6 Å². The minimum atomic E-state index is -0.863. The first kappa shape index (κ1) is 14.5. The molecule has 22 heavy (non-hydrogen) atoms. The molecule has 0 radical (unpaired) electrons. The summed E-state index contributed by atoms with van der Waals surface area (Å²) in [4.78, 5) is 25.1. The van der Waals surface area contributed by atoms with Gasteiger partial charge in [-0.3, -0.25) is 9.59 Å². The number of hydrazone groups is 1. The van der Waals surface area contributed by atoms with Crippen molar-refractivity contribution < 1.29 is 9.59 Å². The van der Waals surface area contributed by atoms with Crippen molar-refractivity contribution >= 4 is 34.7 Å². The molecule has 0 fully saturated rings. The lowest BCUT2D eigenvalue weighted by Crippen LogP contribution is -2.32. The predicted octanol–water partition coefficient (Wildman–Crippen LogP) is 3.56. The number of Topliss-reactive ketones (excluding diaryl/α,β-unsaturated/α-hetero) is 1. The van der Waals surface area contributed by atoms with Crippen LogP contribution in [0.2, 0.25) is 5.02 Å². The van der Waals surface area contributed by atoms with Crippen molar-refractivity contribution in [2.24, 2.45) is 11.0 Å². The molecule has 4 nitrogen and oxygen atoms in total. The van der Waals surface area contributed by atoms with Crippen LogP contribution in [0, 0.1) is 5.92 Å². The second-order valence-electron chi connectivity index (χ2n) is 5.03. The summed E-state index contributed by atoms with van der Waals surface area (Å²) in [6, 6.07) is 15.5. The molecule has 0 N–H and O–H groups in total. The number of benzene rings is 2. The molecule has 1 atom stereocenters. The molecule has 0 bridgehead atoms. The van der Waals surface area contributed by atoms with Gasteiger partial charge in [0.1, 0.15) is 5.92 Å². The maximum atomic E-state index is 12.6. The lowest BCUT2D eigenvalue weighted by molar-refractivity contribution is -0.118. The van der Waals surface area contributed by atoms with E-state index in [1.165, 1.54) is 5.01 Å². The van der Waals surface area contributed by atoms with Crippen LogP contribution in [0.3, 0.4) is 0 Å². The highest BCUT2D eigenvalue weighted by Gasteiger charge is 2.39. The molecule has 1 unspecified atom stereocenters. The minimum Gasteiger partial charge on any atom is -0.293 e. The first-order chi connectivity index (χ1) is 10.6. The minimum absolute atomic E-state index is 0.233. The number of amides is 1. The molecule has 0 saturated carbocycles. The van der Waals surface area contributed by atoms with Crippen LogP contribution in [-0.4, -0.2) is 17.4 Å². The zero-order valence-electron chi connectivity index (χ0n) is 11.9. The summed E-state index contributed by atoms with van der Waals surface area (Å²) in [5.74, 6) is -1.44. The number of rotatable bonds is 3. The van der Waals surface area contributed by atoms with E-state index >= 15 is 0 Å². The third-order valence-corrected chi connectivity index (χ3v) is 3.77. The largest absolute Gasteiger partial charge is 0.293 e. The molecule has 0 spiro atoms. The second-order valence-corrected chi connectivity index (χ2v) is 5.47. The number of halogens is 1. The Morgan fingerprint density at radius 2 is 1.73 bits per heavy atom. The van der Waals surface area contributed by atoms with E-state index in [4.69, 9.17) is 11.6 Å². The third kappa shape index (κ3) is 2.53. The summed E-state index contributed by atoms with van der Waals surface area (Å²) in [7, 11) is 0. The van der Waals surface area contributed by atoms with Crippen molar-refractivity contribution in [1.82, 2.24) is 0 Å². The van der Waals surface area contributed by atoms with Crippen LogP contribution in [0.15, 0.2) is 59.7 Å². The van der Waals surface area contributed by atoms with E-state index in [2.05, 4.69) is 5.10 Å². The summed E-state index contributed by atoms with van der Waals surface area (Å²) in [5, 5.41) is 6.07. The number of ketones is 1. The highest BCUT2D eigenvalue weighted by atomic mass is 35.5. The van der Waals surface area contributed by atoms with Crippen LogP contribution in [0.25, 0.3) is 0 Å². The Kier molecular flexibility index (Phi) is 3.77. The Hall–Kier alpha value is -2.46. The van der Waals surface area contributed by atoms with Gasteiger partial charge in [0.2, 0.25) is 0 Å². The van der Waals surface area contributed by atoms with Crippen LogP contribution < -0.4 is 5.01 Å². The molecule has 2 aromatic rings. The molecule has 1 heterocycles. The maximum Gasteiger partial charge on any atom is 0.264 e. The van der Waals surface area contributed by atoms with E-state index in [0.29, 0.717) is 22.0 Å². The fraction of sp³-hybridized carbons (Fsp3) is 0.118. The molecule has 2 aromatic carbocycles. The monoisotopic (exact) mass is 312 g/mol. The summed E-state index contributed by atoms with van der Waals surface area (Å²) in [6.07, 6.45) is 0. The molecule has 0 aliphatic carbocycles. The van der Waals surface area contributed by atoms with Crippen molar-refractivity contribution in [3.05, 3.63) is 65.2 Å². The molecule has 0 saturated heterocycles. The zero-order chi connectivity index (χ0) is 15.7. The summed E-state index contributed by atoms with van der Waals surface area (Å²) < 4.78 is 0. The number of anilines is 1. The summed E-state index contributed by atoms with van der Waals surface area (Å²) in [5.41, 5.74) is 1.60. The third-order valence-electron chi connectivity index (χ3n) is 3.52. The summed E-state index contributed by atoms with van der Waals surface area (Å²) >= 11 is 5.85. The van der Waals surface area contributed by atoms with Gasteiger partial charge in [-0.25, -0.2) is 0 Å². The van der Waals surface area contributed by atoms with Gasteiger partial charge < -0.3 is 0 Å². The molecule has 5 heteroatoms. The molecule has 110 valence electrons. The molecular weight excluding hydrogens is 300 g/mol. The summed E-state index contributed by atoms with van der Waals surface area (Å²) in [6.45, 7) is 1.69. The van der Waals surface area contributed by atoms with Gasteiger partial charge in [0.15, 0.2) is 5.78 Å². The second kappa shape index (κ2) is 5.73. The van der Waals surface area contributed by atoms with Gasteiger partial charge in [0.25, 0.3) is 5.91 Å². The Bertz CT molecular complexity index is 754. The molecule has 1 aliphatic rings. The van der Waals surface area contributed by atoms with Crippen LogP contribution in [0.4, 0.5) is 5.69 Å². The fourth-order valence-electron chi connectivity index (χ4n) is 2.40. The molecule has 3 rings (SSSR count). The topological polar surface area (TPSA) is 49.7 Å². The van der Waals surface area contributed by atoms with Crippen molar-refractivity contribution in [2.75, 3.05) is 5.01 Å². The van der Waals surface area contributed by atoms with Crippen molar-refractivity contribution in [3.8, 4) is 0 Å². The SMILES string of the molecule is CC1=NN(c2ccc(Cl)cc2)C(=O)C1C(=O)c1ccccc1. The van der Waals surface area contributed by atoms with Gasteiger partial charge in [0.05, 0.1) is 11.4 Å². The van der Waals surface area contributed by atoms with Crippen molar-refractivity contribution in [3.63, 3.8) is 0 Å². The number of carbonyl (C=O) groups excluding carboxylic acids is 2. The first-order valence-corrected chi connectivity index (χ1v) is 7.19. The van der Waals surface area contributed by atoms with E-state index < -0.39 is 5.92 Å². The predicted molar refractivity (Wildman–Crippen MR) is 86.3 cm³/mol. The Morgan fingerprint density at radius 1 is 1.09 bits per heavy atom. The number of carbonyl (C=O) groups is 2. The number of hydrogen-bond acceptors (Lipinski definition) is 3. The Labute approximate surface area is 133 Å². The van der Waals surface area contributed by atoms with Gasteiger partial charge in [-0.2, -0.15) is 10.1 Å². The van der Waals surface area contributed by atoms with Crippen LogP contribution in [0.5, 0.6) is 0 Å². The molecular formula is C17H13ClN2O2. The maximum absolute atomic E-state index is 12.6. The standard InChI is InChI=1S/C17H13ClN2O2/c1-11-15(16(21)12-5-3-2-4-6-12)17(22)20(19-11)14-9-7-13(18)8-10-14/h2-10,15H,1H3.